The molecule has 2 bridgehead atoms. The van der Waals surface area contributed by atoms with E-state index in [9.17, 15) is 4.79 Å². The number of ether oxygens (including phenoxy) is 2. The van der Waals surface area contributed by atoms with Crippen molar-refractivity contribution in [3.05, 3.63) is 52.3 Å². The van der Waals surface area contributed by atoms with Gasteiger partial charge < -0.3 is 14.8 Å². The van der Waals surface area contributed by atoms with E-state index >= 15 is 4.39 Å². The molecule has 1 amide bonds. The second kappa shape index (κ2) is 9.86. The highest BCUT2D eigenvalue weighted by atomic mass is 35.5. The van der Waals surface area contributed by atoms with Crippen LogP contribution in [0.2, 0.25) is 5.02 Å². The molecule has 0 radical (unpaired) electrons. The standard InChI is InChI=1S/C29H36ClFN2O3/c1-17(2)16-35-22-10-19(9-21(30)12-22)23-11-20-14-29(3,4)27(24(20)13-25(23)31)32-28(34)36-26-15-33-7-5-18(26)6-8-33/h9-13,17-18,26-27H,5-8,14-16H2,1-4H3,(H,32,34)/t26-,27-/m0/s1. The Balaban J connectivity index is 1.36. The molecular weight excluding hydrogens is 479 g/mol. The second-order valence-corrected chi connectivity index (χ2v) is 12.2. The van der Waals surface area contributed by atoms with Crippen molar-refractivity contribution >= 4 is 17.7 Å². The smallest absolute Gasteiger partial charge is 0.407 e. The van der Waals surface area contributed by atoms with Gasteiger partial charge in [-0.3, -0.25) is 4.90 Å². The Bertz CT molecular complexity index is 1140. The van der Waals surface area contributed by atoms with Crippen LogP contribution in [0.4, 0.5) is 9.18 Å². The Morgan fingerprint density at radius 1 is 1.19 bits per heavy atom. The number of carbonyl (C=O) groups excluding carboxylic acids is 1. The van der Waals surface area contributed by atoms with E-state index in [2.05, 4.69) is 37.9 Å². The van der Waals surface area contributed by atoms with Gasteiger partial charge in [-0.05, 0) is 96.6 Å². The zero-order chi connectivity index (χ0) is 25.6. The van der Waals surface area contributed by atoms with Crippen LogP contribution in [0.1, 0.15) is 57.7 Å². The Hall–Kier alpha value is -2.31. The minimum Gasteiger partial charge on any atom is -0.493 e. The molecule has 4 aliphatic rings. The van der Waals surface area contributed by atoms with Gasteiger partial charge in [-0.1, -0.05) is 39.3 Å². The Kier molecular flexibility index (Phi) is 6.94. The van der Waals surface area contributed by atoms with E-state index in [0.717, 1.165) is 50.0 Å². The monoisotopic (exact) mass is 514 g/mol. The molecule has 3 fully saturated rings. The maximum absolute atomic E-state index is 15.5. The molecule has 2 atom stereocenters. The van der Waals surface area contributed by atoms with Crippen LogP contribution in [-0.2, 0) is 11.2 Å². The highest BCUT2D eigenvalue weighted by Gasteiger charge is 2.42. The highest BCUT2D eigenvalue weighted by Crippen LogP contribution is 2.47. The van der Waals surface area contributed by atoms with Crippen molar-refractivity contribution in [2.24, 2.45) is 17.3 Å². The predicted molar refractivity (Wildman–Crippen MR) is 140 cm³/mol. The first-order valence-corrected chi connectivity index (χ1v) is 13.4. The van der Waals surface area contributed by atoms with Crippen LogP contribution in [0.25, 0.3) is 11.1 Å². The number of fused-ring (bicyclic) bond motifs is 4. The first-order chi connectivity index (χ1) is 17.1. The number of halogens is 2. The van der Waals surface area contributed by atoms with Gasteiger partial charge in [0.2, 0.25) is 0 Å². The lowest BCUT2D eigenvalue weighted by Gasteiger charge is -2.44. The lowest BCUT2D eigenvalue weighted by Crippen LogP contribution is -2.53. The van der Waals surface area contributed by atoms with Gasteiger partial charge in [-0.25, -0.2) is 9.18 Å². The molecule has 0 unspecified atom stereocenters. The quantitative estimate of drug-likeness (QED) is 0.470. The van der Waals surface area contributed by atoms with Crippen molar-refractivity contribution in [1.29, 1.82) is 0 Å². The minimum atomic E-state index is -0.411. The Labute approximate surface area is 218 Å². The van der Waals surface area contributed by atoms with Crippen LogP contribution in [0.5, 0.6) is 5.75 Å². The first kappa shape index (κ1) is 25.3. The summed E-state index contributed by atoms with van der Waals surface area (Å²) in [6.45, 7) is 11.9. The number of hydrogen-bond donors (Lipinski definition) is 1. The fourth-order valence-corrected chi connectivity index (χ4v) is 6.19. The molecular formula is C29H36ClFN2O3. The predicted octanol–water partition coefficient (Wildman–Crippen LogP) is 6.62. The fourth-order valence-electron chi connectivity index (χ4n) is 5.96. The van der Waals surface area contributed by atoms with Gasteiger partial charge >= 0.3 is 6.09 Å². The van der Waals surface area contributed by atoms with Crippen LogP contribution in [0.15, 0.2) is 30.3 Å². The van der Waals surface area contributed by atoms with Gasteiger partial charge in [0.05, 0.1) is 12.6 Å². The van der Waals surface area contributed by atoms with Crippen LogP contribution >= 0.6 is 11.6 Å². The van der Waals surface area contributed by atoms with E-state index in [-0.39, 0.29) is 23.4 Å². The number of benzene rings is 2. The molecule has 6 rings (SSSR count). The Morgan fingerprint density at radius 3 is 2.61 bits per heavy atom. The summed E-state index contributed by atoms with van der Waals surface area (Å²) < 4.78 is 27.2. The third kappa shape index (κ3) is 5.21. The average Bonchev–Trinajstić information content (AvgIpc) is 3.06. The summed E-state index contributed by atoms with van der Waals surface area (Å²) in [5.74, 6) is 1.09. The molecule has 3 aliphatic heterocycles. The van der Waals surface area contributed by atoms with E-state index in [1.807, 2.05) is 12.1 Å². The number of nitrogens with one attached hydrogen (secondary N) is 1. The fraction of sp³-hybridized carbons (Fsp3) is 0.552. The third-order valence-corrected chi connectivity index (χ3v) is 8.07. The summed E-state index contributed by atoms with van der Waals surface area (Å²) in [5, 5.41) is 3.58. The van der Waals surface area contributed by atoms with Gasteiger partial charge in [0.1, 0.15) is 17.7 Å². The molecule has 2 aromatic carbocycles. The van der Waals surface area contributed by atoms with Gasteiger partial charge in [-0.15, -0.1) is 0 Å². The first-order valence-electron chi connectivity index (χ1n) is 13.0. The van der Waals surface area contributed by atoms with E-state index in [1.165, 1.54) is 0 Å². The van der Waals surface area contributed by atoms with Crippen LogP contribution in [-0.4, -0.2) is 43.3 Å². The number of amides is 1. The van der Waals surface area contributed by atoms with Crippen molar-refractivity contribution in [3.63, 3.8) is 0 Å². The molecule has 0 spiro atoms. The highest BCUT2D eigenvalue weighted by molar-refractivity contribution is 6.31. The maximum atomic E-state index is 15.5. The molecule has 5 nitrogen and oxygen atoms in total. The van der Waals surface area contributed by atoms with Gasteiger partial charge in [0.25, 0.3) is 0 Å². The van der Waals surface area contributed by atoms with Crippen molar-refractivity contribution in [1.82, 2.24) is 10.2 Å². The largest absolute Gasteiger partial charge is 0.493 e. The van der Waals surface area contributed by atoms with Gasteiger partial charge in [0, 0.05) is 17.1 Å². The molecule has 36 heavy (non-hydrogen) atoms. The number of nitrogens with zero attached hydrogens (tertiary/aromatic N) is 1. The summed E-state index contributed by atoms with van der Waals surface area (Å²) >= 11 is 6.35. The molecule has 7 heteroatoms. The number of hydrogen-bond acceptors (Lipinski definition) is 4. The molecule has 3 saturated heterocycles. The summed E-state index contributed by atoms with van der Waals surface area (Å²) in [6.07, 6.45) is 2.41. The summed E-state index contributed by atoms with van der Waals surface area (Å²) in [6, 6.07) is 8.48. The SMILES string of the molecule is CC(C)COc1cc(Cl)cc(-c2cc3c(cc2F)[C@H](NC(=O)O[C@H]2CN4CCC2CC4)C(C)(C)C3)c1. The molecule has 0 saturated carbocycles. The minimum absolute atomic E-state index is 0.0643. The lowest BCUT2D eigenvalue weighted by atomic mass is 9.85. The van der Waals surface area contributed by atoms with Crippen molar-refractivity contribution < 1.29 is 18.7 Å². The number of piperidine rings is 3. The summed E-state index contributed by atoms with van der Waals surface area (Å²) in [7, 11) is 0. The van der Waals surface area contributed by atoms with Gasteiger partial charge in [-0.2, -0.15) is 0 Å². The zero-order valence-electron chi connectivity index (χ0n) is 21.6. The number of alkyl carbamates (subject to hydrolysis) is 1. The van der Waals surface area contributed by atoms with Crippen LogP contribution in [0.3, 0.4) is 0 Å². The normalized spacial score (nSPS) is 26.1. The van der Waals surface area contributed by atoms with Crippen molar-refractivity contribution in [2.45, 2.75) is 59.1 Å². The maximum Gasteiger partial charge on any atom is 0.407 e. The molecule has 3 heterocycles. The van der Waals surface area contributed by atoms with E-state index in [0.29, 0.717) is 40.3 Å². The van der Waals surface area contributed by atoms with Crippen LogP contribution in [0, 0.1) is 23.1 Å². The summed E-state index contributed by atoms with van der Waals surface area (Å²) in [4.78, 5) is 15.3. The molecule has 194 valence electrons. The lowest BCUT2D eigenvalue weighted by molar-refractivity contribution is -0.0349. The van der Waals surface area contributed by atoms with Crippen molar-refractivity contribution in [2.75, 3.05) is 26.2 Å². The molecule has 0 aromatic heterocycles. The molecule has 2 aromatic rings. The van der Waals surface area contributed by atoms with Gasteiger partial charge in [0.15, 0.2) is 0 Å². The van der Waals surface area contributed by atoms with E-state index < -0.39 is 6.09 Å². The van der Waals surface area contributed by atoms with Crippen LogP contribution < -0.4 is 10.1 Å². The number of rotatable bonds is 6. The van der Waals surface area contributed by atoms with E-state index in [4.69, 9.17) is 21.1 Å². The third-order valence-electron chi connectivity index (χ3n) is 7.85. The Morgan fingerprint density at radius 2 is 1.94 bits per heavy atom. The topological polar surface area (TPSA) is 50.8 Å². The average molecular weight is 515 g/mol. The molecule has 1 aliphatic carbocycles. The second-order valence-electron chi connectivity index (χ2n) is 11.7. The molecule has 1 N–H and O–H groups in total. The van der Waals surface area contributed by atoms with E-state index in [1.54, 1.807) is 18.2 Å². The number of carbonyl (C=O) groups is 1. The summed E-state index contributed by atoms with van der Waals surface area (Å²) in [5.41, 5.74) is 2.72. The van der Waals surface area contributed by atoms with Crippen molar-refractivity contribution in [3.8, 4) is 16.9 Å². The zero-order valence-corrected chi connectivity index (χ0v) is 22.3.